The Balaban J connectivity index is 1.99. The quantitative estimate of drug-likeness (QED) is 0.651. The van der Waals surface area contributed by atoms with Crippen molar-refractivity contribution in [1.82, 2.24) is 4.90 Å². The molecule has 0 spiro atoms. The normalized spacial score (nSPS) is 24.6. The molecule has 1 unspecified atom stereocenters. The lowest BCUT2D eigenvalue weighted by Crippen LogP contribution is -2.45. The number of carbonyl (C=O) groups excluding carboxylic acids is 1. The summed E-state index contributed by atoms with van der Waals surface area (Å²) in [6, 6.07) is 8.55. The van der Waals surface area contributed by atoms with Gasteiger partial charge < -0.3 is 4.90 Å². The summed E-state index contributed by atoms with van der Waals surface area (Å²) >= 11 is 0. The van der Waals surface area contributed by atoms with E-state index in [1.807, 2.05) is 18.2 Å². The van der Waals surface area contributed by atoms with Crippen molar-refractivity contribution < 1.29 is 4.79 Å². The van der Waals surface area contributed by atoms with Gasteiger partial charge in [-0.05, 0) is 30.9 Å². The van der Waals surface area contributed by atoms with Crippen LogP contribution in [0.5, 0.6) is 0 Å². The molecule has 0 radical (unpaired) electrons. The largest absolute Gasteiger partial charge is 0.335 e. The van der Waals surface area contributed by atoms with Crippen molar-refractivity contribution in [2.75, 3.05) is 6.54 Å². The van der Waals surface area contributed by atoms with Crippen LogP contribution in [-0.4, -0.2) is 23.4 Å². The second-order valence-corrected chi connectivity index (χ2v) is 4.86. The van der Waals surface area contributed by atoms with Crippen molar-refractivity contribution in [3.8, 4) is 0 Å². The molecule has 1 aromatic carbocycles. The van der Waals surface area contributed by atoms with Gasteiger partial charge in [-0.1, -0.05) is 31.0 Å². The van der Waals surface area contributed by atoms with E-state index in [4.69, 9.17) is 0 Å². The molecule has 1 fully saturated rings. The minimum absolute atomic E-state index is 0.258. The second-order valence-electron chi connectivity index (χ2n) is 4.86. The zero-order valence-electron chi connectivity index (χ0n) is 9.48. The van der Waals surface area contributed by atoms with E-state index in [-0.39, 0.29) is 5.91 Å². The third kappa shape index (κ3) is 1.53. The van der Waals surface area contributed by atoms with Crippen LogP contribution in [0, 0.1) is 0 Å². The summed E-state index contributed by atoms with van der Waals surface area (Å²) in [5.41, 5.74) is 2.18. The monoisotopic (exact) mass is 215 g/mol. The van der Waals surface area contributed by atoms with E-state index in [2.05, 4.69) is 11.0 Å². The molecule has 2 nitrogen and oxygen atoms in total. The minimum atomic E-state index is 0.258. The van der Waals surface area contributed by atoms with Gasteiger partial charge in [-0.3, -0.25) is 4.79 Å². The maximum absolute atomic E-state index is 12.3. The molecule has 1 atom stereocenters. The molecule has 2 heteroatoms. The number of fused-ring (bicyclic) bond motifs is 2. The van der Waals surface area contributed by atoms with Gasteiger partial charge in [0.25, 0.3) is 5.91 Å². The van der Waals surface area contributed by atoms with Gasteiger partial charge in [0.2, 0.25) is 0 Å². The first kappa shape index (κ1) is 9.88. The van der Waals surface area contributed by atoms with Crippen LogP contribution >= 0.6 is 0 Å². The van der Waals surface area contributed by atoms with E-state index in [1.54, 1.807) is 0 Å². The molecule has 0 N–H and O–H groups in total. The third-order valence-corrected chi connectivity index (χ3v) is 3.84. The van der Waals surface area contributed by atoms with Gasteiger partial charge in [-0.15, -0.1) is 0 Å². The van der Waals surface area contributed by atoms with Crippen LogP contribution in [0.25, 0.3) is 0 Å². The molecular formula is C14H17NO. The molecule has 84 valence electrons. The fraction of sp³-hybridized carbons (Fsp3) is 0.500. The Bertz CT molecular complexity index is 413. The molecule has 2 aliphatic heterocycles. The molecule has 2 aliphatic rings. The van der Waals surface area contributed by atoms with Crippen molar-refractivity contribution in [2.45, 2.75) is 38.1 Å². The molecule has 1 saturated heterocycles. The fourth-order valence-electron chi connectivity index (χ4n) is 2.97. The summed E-state index contributed by atoms with van der Waals surface area (Å²) in [5, 5.41) is 0. The smallest absolute Gasteiger partial charge is 0.254 e. The van der Waals surface area contributed by atoms with Crippen LogP contribution < -0.4 is 0 Å². The number of nitrogens with zero attached hydrogens (tertiary/aromatic N) is 1. The highest BCUT2D eigenvalue weighted by molar-refractivity contribution is 5.97. The Morgan fingerprint density at radius 3 is 2.94 bits per heavy atom. The van der Waals surface area contributed by atoms with Gasteiger partial charge in [0.15, 0.2) is 0 Å². The van der Waals surface area contributed by atoms with E-state index in [9.17, 15) is 4.79 Å². The number of hydrogen-bond donors (Lipinski definition) is 0. The summed E-state index contributed by atoms with van der Waals surface area (Å²) in [5.74, 6) is 0.258. The lowest BCUT2D eigenvalue weighted by Gasteiger charge is -2.35. The Kier molecular flexibility index (Phi) is 2.43. The van der Waals surface area contributed by atoms with E-state index in [0.29, 0.717) is 6.04 Å². The molecule has 0 saturated carbocycles. The number of benzene rings is 1. The zero-order chi connectivity index (χ0) is 11.0. The van der Waals surface area contributed by atoms with Crippen LogP contribution in [0.2, 0.25) is 0 Å². The standard InChI is InChI=1S/C14H17NO/c16-14-13-8-4-3-6-11(13)10-12-7-2-1-5-9-15(12)14/h3-4,6,8,12H,1-2,5,7,9-10H2. The topological polar surface area (TPSA) is 20.3 Å². The summed E-state index contributed by atoms with van der Waals surface area (Å²) in [4.78, 5) is 14.4. The molecular weight excluding hydrogens is 198 g/mol. The lowest BCUT2D eigenvalue weighted by molar-refractivity contribution is 0.0656. The number of amides is 1. The van der Waals surface area contributed by atoms with Crippen LogP contribution in [0.4, 0.5) is 0 Å². The Morgan fingerprint density at radius 2 is 2.00 bits per heavy atom. The van der Waals surface area contributed by atoms with E-state index < -0.39 is 0 Å². The molecule has 0 aliphatic carbocycles. The van der Waals surface area contributed by atoms with Crippen LogP contribution in [0.15, 0.2) is 24.3 Å². The van der Waals surface area contributed by atoms with Crippen LogP contribution in [-0.2, 0) is 6.42 Å². The van der Waals surface area contributed by atoms with Gasteiger partial charge in [-0.25, -0.2) is 0 Å². The van der Waals surface area contributed by atoms with Crippen molar-refractivity contribution >= 4 is 5.91 Å². The first-order valence-corrected chi connectivity index (χ1v) is 6.25. The molecule has 0 bridgehead atoms. The van der Waals surface area contributed by atoms with Gasteiger partial charge in [0, 0.05) is 18.2 Å². The van der Waals surface area contributed by atoms with Gasteiger partial charge in [-0.2, -0.15) is 0 Å². The summed E-state index contributed by atoms with van der Waals surface area (Å²) in [6.07, 6.45) is 5.96. The van der Waals surface area contributed by atoms with Gasteiger partial charge in [0.05, 0.1) is 0 Å². The highest BCUT2D eigenvalue weighted by atomic mass is 16.2. The number of rotatable bonds is 0. The van der Waals surface area contributed by atoms with Crippen molar-refractivity contribution in [1.29, 1.82) is 0 Å². The molecule has 2 heterocycles. The molecule has 1 aromatic rings. The summed E-state index contributed by atoms with van der Waals surface area (Å²) in [7, 11) is 0. The second kappa shape index (κ2) is 3.93. The highest BCUT2D eigenvalue weighted by Gasteiger charge is 2.32. The Labute approximate surface area is 96.3 Å². The van der Waals surface area contributed by atoms with E-state index >= 15 is 0 Å². The fourth-order valence-corrected chi connectivity index (χ4v) is 2.97. The molecule has 3 rings (SSSR count). The van der Waals surface area contributed by atoms with Crippen molar-refractivity contribution in [3.05, 3.63) is 35.4 Å². The SMILES string of the molecule is O=C1c2ccccc2CC2CCCCCN12. The van der Waals surface area contributed by atoms with E-state index in [1.165, 1.54) is 31.2 Å². The van der Waals surface area contributed by atoms with Crippen LogP contribution in [0.1, 0.15) is 41.6 Å². The molecule has 0 aromatic heterocycles. The van der Waals surface area contributed by atoms with Gasteiger partial charge >= 0.3 is 0 Å². The molecule has 1 amide bonds. The van der Waals surface area contributed by atoms with E-state index in [0.717, 1.165) is 18.5 Å². The Morgan fingerprint density at radius 1 is 1.12 bits per heavy atom. The number of hydrogen-bond acceptors (Lipinski definition) is 1. The summed E-state index contributed by atoms with van der Waals surface area (Å²) < 4.78 is 0. The third-order valence-electron chi connectivity index (χ3n) is 3.84. The average molecular weight is 215 g/mol. The first-order chi connectivity index (χ1) is 7.86. The van der Waals surface area contributed by atoms with Crippen molar-refractivity contribution in [3.63, 3.8) is 0 Å². The first-order valence-electron chi connectivity index (χ1n) is 6.25. The Hall–Kier alpha value is -1.31. The minimum Gasteiger partial charge on any atom is -0.335 e. The predicted molar refractivity (Wildman–Crippen MR) is 63.4 cm³/mol. The average Bonchev–Trinajstić information content (AvgIpc) is 2.55. The highest BCUT2D eigenvalue weighted by Crippen LogP contribution is 2.28. The lowest BCUT2D eigenvalue weighted by atomic mass is 9.92. The molecule has 16 heavy (non-hydrogen) atoms. The van der Waals surface area contributed by atoms with Gasteiger partial charge in [0.1, 0.15) is 0 Å². The van der Waals surface area contributed by atoms with Crippen molar-refractivity contribution in [2.24, 2.45) is 0 Å². The summed E-state index contributed by atoms with van der Waals surface area (Å²) in [6.45, 7) is 0.956. The predicted octanol–water partition coefficient (Wildman–Crippen LogP) is 2.63. The number of carbonyl (C=O) groups is 1. The van der Waals surface area contributed by atoms with Crippen LogP contribution in [0.3, 0.4) is 0 Å². The maximum Gasteiger partial charge on any atom is 0.254 e. The maximum atomic E-state index is 12.3. The zero-order valence-corrected chi connectivity index (χ0v) is 9.48.